The first-order valence-electron chi connectivity index (χ1n) is 11.2. The molecule has 188 valence electrons. The molecule has 3 rings (SSSR count). The highest BCUT2D eigenvalue weighted by Gasteiger charge is 2.16. The first kappa shape index (κ1) is 26.2. The van der Waals surface area contributed by atoms with Gasteiger partial charge in [-0.25, -0.2) is 0 Å². The van der Waals surface area contributed by atoms with Gasteiger partial charge >= 0.3 is 6.61 Å². The maximum absolute atomic E-state index is 12.7. The molecule has 0 unspecified atom stereocenters. The number of hydrogen-bond acceptors (Lipinski definition) is 5. The van der Waals surface area contributed by atoms with E-state index in [-0.39, 0.29) is 11.7 Å². The number of carbonyl (C=O) groups is 2. The van der Waals surface area contributed by atoms with E-state index in [2.05, 4.69) is 15.4 Å². The fourth-order valence-corrected chi connectivity index (χ4v) is 3.20. The van der Waals surface area contributed by atoms with Crippen molar-refractivity contribution in [3.63, 3.8) is 0 Å². The van der Waals surface area contributed by atoms with Crippen LogP contribution in [0, 0.1) is 0 Å². The second kappa shape index (κ2) is 12.9. The van der Waals surface area contributed by atoms with Crippen LogP contribution in [0.2, 0.25) is 0 Å². The van der Waals surface area contributed by atoms with Crippen LogP contribution in [-0.2, 0) is 4.79 Å². The number of nitrogens with one attached hydrogen (secondary N) is 2. The summed E-state index contributed by atoms with van der Waals surface area (Å²) in [6.07, 6.45) is 2.82. The van der Waals surface area contributed by atoms with Crippen molar-refractivity contribution in [1.82, 2.24) is 0 Å². The first-order valence-corrected chi connectivity index (χ1v) is 11.2. The number of ether oxygens (including phenoxy) is 3. The van der Waals surface area contributed by atoms with Gasteiger partial charge in [-0.05, 0) is 49.8 Å². The third-order valence-electron chi connectivity index (χ3n) is 4.76. The lowest BCUT2D eigenvalue weighted by molar-refractivity contribution is -0.111. The number of hydrogen-bond donors (Lipinski definition) is 2. The number of amides is 2. The van der Waals surface area contributed by atoms with Crippen molar-refractivity contribution in [3.8, 4) is 17.2 Å². The van der Waals surface area contributed by atoms with Crippen molar-refractivity contribution < 1.29 is 32.6 Å². The first-order chi connectivity index (χ1) is 17.4. The molecule has 36 heavy (non-hydrogen) atoms. The quantitative estimate of drug-likeness (QED) is 0.319. The molecule has 0 aliphatic heterocycles. The zero-order chi connectivity index (χ0) is 25.9. The molecule has 0 radical (unpaired) electrons. The van der Waals surface area contributed by atoms with E-state index in [9.17, 15) is 18.4 Å². The Morgan fingerprint density at radius 3 is 2.00 bits per heavy atom. The maximum Gasteiger partial charge on any atom is 0.387 e. The smallest absolute Gasteiger partial charge is 0.387 e. The Morgan fingerprint density at radius 1 is 0.861 bits per heavy atom. The molecule has 2 amide bonds. The Balaban J connectivity index is 1.78. The zero-order valence-corrected chi connectivity index (χ0v) is 19.8. The Bertz CT molecular complexity index is 1200. The summed E-state index contributed by atoms with van der Waals surface area (Å²) >= 11 is 0. The third-order valence-corrected chi connectivity index (χ3v) is 4.76. The molecule has 0 bridgehead atoms. The van der Waals surface area contributed by atoms with Crippen LogP contribution in [0.25, 0.3) is 6.08 Å². The van der Waals surface area contributed by atoms with Crippen molar-refractivity contribution in [3.05, 3.63) is 83.9 Å². The summed E-state index contributed by atoms with van der Waals surface area (Å²) in [5.74, 6) is -0.0365. The lowest BCUT2D eigenvalue weighted by Crippen LogP contribution is -2.14. The molecular weight excluding hydrogens is 470 g/mol. The van der Waals surface area contributed by atoms with Crippen molar-refractivity contribution in [1.29, 1.82) is 0 Å². The van der Waals surface area contributed by atoms with Crippen molar-refractivity contribution in [2.45, 2.75) is 20.5 Å². The van der Waals surface area contributed by atoms with E-state index < -0.39 is 12.5 Å². The molecule has 0 aliphatic rings. The molecule has 0 saturated carbocycles. The Kier molecular flexibility index (Phi) is 9.39. The Hall–Kier alpha value is -4.40. The van der Waals surface area contributed by atoms with Gasteiger partial charge in [0.25, 0.3) is 5.91 Å². The molecule has 7 nitrogen and oxygen atoms in total. The van der Waals surface area contributed by atoms with Crippen LogP contribution < -0.4 is 24.8 Å². The predicted molar refractivity (Wildman–Crippen MR) is 134 cm³/mol. The van der Waals surface area contributed by atoms with E-state index in [0.717, 1.165) is 0 Å². The summed E-state index contributed by atoms with van der Waals surface area (Å²) < 4.78 is 40.3. The molecule has 0 spiro atoms. The average molecular weight is 497 g/mol. The average Bonchev–Trinajstić information content (AvgIpc) is 2.86. The molecule has 0 saturated heterocycles. The molecule has 9 heteroatoms. The highest BCUT2D eigenvalue weighted by atomic mass is 19.3. The topological polar surface area (TPSA) is 85.9 Å². The summed E-state index contributed by atoms with van der Waals surface area (Å²) in [4.78, 5) is 25.2. The number of halogens is 2. The summed E-state index contributed by atoms with van der Waals surface area (Å²) in [5, 5.41) is 5.57. The van der Waals surface area contributed by atoms with Gasteiger partial charge in [-0.1, -0.05) is 30.3 Å². The number of alkyl halides is 2. The number of carbonyl (C=O) groups excluding carboxylic acids is 2. The molecule has 3 aromatic rings. The van der Waals surface area contributed by atoms with Crippen molar-refractivity contribution in [2.75, 3.05) is 23.8 Å². The zero-order valence-electron chi connectivity index (χ0n) is 19.8. The maximum atomic E-state index is 12.7. The van der Waals surface area contributed by atoms with Gasteiger partial charge < -0.3 is 24.8 Å². The second-order valence-corrected chi connectivity index (χ2v) is 7.30. The van der Waals surface area contributed by atoms with Gasteiger partial charge in [0.1, 0.15) is 17.2 Å². The fourth-order valence-electron chi connectivity index (χ4n) is 3.20. The second-order valence-electron chi connectivity index (χ2n) is 7.30. The summed E-state index contributed by atoms with van der Waals surface area (Å²) in [6.45, 7) is 1.35. The standard InChI is InChI=1S/C27H26F2N2O5/c1-3-34-23-17-22(31-26(33)19-8-6-5-7-9-19)24(35-4-2)16-21(23)30-25(32)15-12-18-10-13-20(14-11-18)36-27(28)29/h5-17,27H,3-4H2,1-2H3,(H,30,32)(H,31,33)/b15-12+. The van der Waals surface area contributed by atoms with Crippen LogP contribution in [0.5, 0.6) is 17.2 Å². The summed E-state index contributed by atoms with van der Waals surface area (Å²) in [6, 6.07) is 17.8. The van der Waals surface area contributed by atoms with E-state index >= 15 is 0 Å². The van der Waals surface area contributed by atoms with Crippen LogP contribution in [0.15, 0.2) is 72.8 Å². The van der Waals surface area contributed by atoms with Crippen molar-refractivity contribution >= 4 is 29.3 Å². The molecule has 3 aromatic carbocycles. The van der Waals surface area contributed by atoms with Gasteiger partial charge in [-0.15, -0.1) is 0 Å². The molecule has 0 aromatic heterocycles. The van der Waals surface area contributed by atoms with E-state index in [4.69, 9.17) is 9.47 Å². The van der Waals surface area contributed by atoms with E-state index in [0.29, 0.717) is 47.2 Å². The molecule has 0 aliphatic carbocycles. The Morgan fingerprint density at radius 2 is 1.44 bits per heavy atom. The minimum absolute atomic E-state index is 0.0239. The minimum atomic E-state index is -2.91. The lowest BCUT2D eigenvalue weighted by atomic mass is 10.2. The van der Waals surface area contributed by atoms with Gasteiger partial charge in [0, 0.05) is 23.8 Å². The van der Waals surface area contributed by atoms with Gasteiger partial charge in [0.05, 0.1) is 24.6 Å². The summed E-state index contributed by atoms with van der Waals surface area (Å²) in [7, 11) is 0. The number of benzene rings is 3. The van der Waals surface area contributed by atoms with Crippen molar-refractivity contribution in [2.24, 2.45) is 0 Å². The third kappa shape index (κ3) is 7.56. The lowest BCUT2D eigenvalue weighted by Gasteiger charge is -2.17. The molecule has 0 heterocycles. The SMILES string of the molecule is CCOc1cc(NC(=O)c2ccccc2)c(OCC)cc1NC(=O)/C=C/c1ccc(OC(F)F)cc1. The highest BCUT2D eigenvalue weighted by molar-refractivity contribution is 6.06. The van der Waals surface area contributed by atoms with Crippen LogP contribution in [0.1, 0.15) is 29.8 Å². The van der Waals surface area contributed by atoms with Crippen LogP contribution in [-0.4, -0.2) is 31.6 Å². The van der Waals surface area contributed by atoms with Crippen LogP contribution >= 0.6 is 0 Å². The number of anilines is 2. The monoisotopic (exact) mass is 496 g/mol. The van der Waals surface area contributed by atoms with E-state index in [1.807, 2.05) is 6.07 Å². The van der Waals surface area contributed by atoms with Gasteiger partial charge in [-0.3, -0.25) is 9.59 Å². The normalized spacial score (nSPS) is 10.8. The Labute approximate surface area is 207 Å². The van der Waals surface area contributed by atoms with Gasteiger partial charge in [0.15, 0.2) is 0 Å². The summed E-state index contributed by atoms with van der Waals surface area (Å²) in [5.41, 5.74) is 1.85. The van der Waals surface area contributed by atoms with E-state index in [1.54, 1.807) is 62.4 Å². The highest BCUT2D eigenvalue weighted by Crippen LogP contribution is 2.37. The number of rotatable bonds is 11. The largest absolute Gasteiger partial charge is 0.492 e. The van der Waals surface area contributed by atoms with Gasteiger partial charge in [0.2, 0.25) is 5.91 Å². The predicted octanol–water partition coefficient (Wildman–Crippen LogP) is 5.99. The van der Waals surface area contributed by atoms with Gasteiger partial charge in [-0.2, -0.15) is 8.78 Å². The van der Waals surface area contributed by atoms with Crippen LogP contribution in [0.3, 0.4) is 0 Å². The fraction of sp³-hybridized carbons (Fsp3) is 0.185. The minimum Gasteiger partial charge on any atom is -0.492 e. The molecule has 0 fully saturated rings. The molecule has 0 atom stereocenters. The van der Waals surface area contributed by atoms with Crippen LogP contribution in [0.4, 0.5) is 20.2 Å². The molecule has 2 N–H and O–H groups in total. The van der Waals surface area contributed by atoms with E-state index in [1.165, 1.54) is 24.3 Å². The molecular formula is C27H26F2N2O5.